The highest BCUT2D eigenvalue weighted by atomic mass is 19.1. The van der Waals surface area contributed by atoms with Crippen LogP contribution in [0.5, 0.6) is 0 Å². The lowest BCUT2D eigenvalue weighted by atomic mass is 10.1. The summed E-state index contributed by atoms with van der Waals surface area (Å²) >= 11 is 0. The first kappa shape index (κ1) is 14.9. The number of aromatic nitrogens is 3. The summed E-state index contributed by atoms with van der Waals surface area (Å²) in [6.45, 7) is -0.409. The van der Waals surface area contributed by atoms with Gasteiger partial charge in [0.25, 0.3) is 5.91 Å². The Morgan fingerprint density at radius 2 is 2.00 bits per heavy atom. The van der Waals surface area contributed by atoms with Gasteiger partial charge in [-0.15, -0.1) is 0 Å². The van der Waals surface area contributed by atoms with Gasteiger partial charge in [0.15, 0.2) is 0 Å². The predicted molar refractivity (Wildman–Crippen MR) is 85.9 cm³/mol. The van der Waals surface area contributed by atoms with E-state index in [0.29, 0.717) is 29.1 Å². The van der Waals surface area contributed by atoms with Crippen LogP contribution in [-0.4, -0.2) is 27.8 Å². The van der Waals surface area contributed by atoms with Crippen LogP contribution in [-0.2, 0) is 6.42 Å². The molecule has 5 nitrogen and oxygen atoms in total. The molecule has 0 radical (unpaired) electrons. The number of hydrogen-bond acceptors (Lipinski definition) is 3. The monoisotopic (exact) mass is 310 g/mol. The molecule has 116 valence electrons. The maximum Gasteiger partial charge on any atom is 0.255 e. The van der Waals surface area contributed by atoms with Crippen LogP contribution in [0.2, 0.25) is 0 Å². The fourth-order valence-corrected chi connectivity index (χ4v) is 2.21. The molecule has 3 aromatic rings. The van der Waals surface area contributed by atoms with Gasteiger partial charge in [0.2, 0.25) is 0 Å². The molecule has 3 rings (SSSR count). The summed E-state index contributed by atoms with van der Waals surface area (Å²) in [7, 11) is 0. The molecule has 1 amide bonds. The normalized spacial score (nSPS) is 10.5. The minimum absolute atomic E-state index is 0.254. The van der Waals surface area contributed by atoms with Crippen LogP contribution in [0.4, 0.5) is 10.1 Å². The zero-order valence-electron chi connectivity index (χ0n) is 12.3. The largest absolute Gasteiger partial charge is 0.319 e. The molecule has 0 bridgehead atoms. The molecule has 0 saturated carbocycles. The summed E-state index contributed by atoms with van der Waals surface area (Å²) in [6, 6.07) is 12.4. The van der Waals surface area contributed by atoms with Crippen LogP contribution >= 0.6 is 0 Å². The van der Waals surface area contributed by atoms with Crippen LogP contribution < -0.4 is 5.32 Å². The fourth-order valence-electron chi connectivity index (χ4n) is 2.21. The van der Waals surface area contributed by atoms with E-state index in [0.717, 1.165) is 5.56 Å². The van der Waals surface area contributed by atoms with Gasteiger partial charge >= 0.3 is 0 Å². The van der Waals surface area contributed by atoms with Crippen molar-refractivity contribution in [3.8, 4) is 11.4 Å². The van der Waals surface area contributed by atoms with Gasteiger partial charge in [0, 0.05) is 18.2 Å². The Morgan fingerprint density at radius 3 is 2.70 bits per heavy atom. The standard InChI is InChI=1S/C17H15FN4O/c18-9-8-12-4-6-13(7-5-12)17(23)21-15-11-20-22-16(15)14-3-1-2-10-19-14/h1-7,10-11H,8-9H2,(H,20,22)(H,21,23). The molecular formula is C17H15FN4O. The average molecular weight is 310 g/mol. The van der Waals surface area contributed by atoms with Crippen molar-refractivity contribution in [1.82, 2.24) is 15.2 Å². The second-order valence-electron chi connectivity index (χ2n) is 4.96. The van der Waals surface area contributed by atoms with E-state index in [1.807, 2.05) is 18.2 Å². The zero-order valence-corrected chi connectivity index (χ0v) is 12.3. The van der Waals surface area contributed by atoms with Crippen molar-refractivity contribution >= 4 is 11.6 Å². The highest BCUT2D eigenvalue weighted by Crippen LogP contribution is 2.23. The van der Waals surface area contributed by atoms with Crippen molar-refractivity contribution in [3.63, 3.8) is 0 Å². The number of rotatable bonds is 5. The minimum Gasteiger partial charge on any atom is -0.319 e. The molecular weight excluding hydrogens is 295 g/mol. The third-order valence-electron chi connectivity index (χ3n) is 3.41. The second kappa shape index (κ2) is 6.83. The Hall–Kier alpha value is -3.02. The Balaban J connectivity index is 1.77. The summed E-state index contributed by atoms with van der Waals surface area (Å²) in [5.41, 5.74) is 3.26. The lowest BCUT2D eigenvalue weighted by Crippen LogP contribution is -2.12. The molecule has 0 aliphatic heterocycles. The molecule has 2 heterocycles. The van der Waals surface area contributed by atoms with Gasteiger partial charge in [-0.25, -0.2) is 0 Å². The summed E-state index contributed by atoms with van der Waals surface area (Å²) < 4.78 is 12.3. The SMILES string of the molecule is O=C(Nc1cn[nH]c1-c1ccccn1)c1ccc(CCF)cc1. The smallest absolute Gasteiger partial charge is 0.255 e. The molecule has 2 N–H and O–H groups in total. The molecule has 0 aliphatic rings. The van der Waals surface area contributed by atoms with E-state index < -0.39 is 6.67 Å². The third kappa shape index (κ3) is 3.42. The number of nitrogens with one attached hydrogen (secondary N) is 2. The second-order valence-corrected chi connectivity index (χ2v) is 4.96. The number of carbonyl (C=O) groups excluding carboxylic acids is 1. The summed E-state index contributed by atoms with van der Waals surface area (Å²) in [5, 5.41) is 9.61. The van der Waals surface area contributed by atoms with E-state index in [1.54, 1.807) is 36.7 Å². The Bertz CT molecular complexity index is 784. The number of benzene rings is 1. The summed E-state index contributed by atoms with van der Waals surface area (Å²) in [6.07, 6.45) is 3.57. The van der Waals surface area contributed by atoms with Gasteiger partial charge in [-0.1, -0.05) is 18.2 Å². The lowest BCUT2D eigenvalue weighted by molar-refractivity contribution is 0.102. The lowest BCUT2D eigenvalue weighted by Gasteiger charge is -2.06. The van der Waals surface area contributed by atoms with Gasteiger partial charge in [0.05, 0.1) is 24.3 Å². The van der Waals surface area contributed by atoms with Crippen molar-refractivity contribution in [1.29, 1.82) is 0 Å². The van der Waals surface area contributed by atoms with Crippen molar-refractivity contribution in [2.45, 2.75) is 6.42 Å². The molecule has 6 heteroatoms. The number of amides is 1. The number of hydrogen-bond donors (Lipinski definition) is 2. The Morgan fingerprint density at radius 1 is 1.17 bits per heavy atom. The molecule has 0 aliphatic carbocycles. The van der Waals surface area contributed by atoms with E-state index in [2.05, 4.69) is 20.5 Å². The van der Waals surface area contributed by atoms with Crippen molar-refractivity contribution in [3.05, 3.63) is 66.0 Å². The maximum absolute atomic E-state index is 12.3. The van der Waals surface area contributed by atoms with Crippen LogP contribution in [0.15, 0.2) is 54.9 Å². The maximum atomic E-state index is 12.3. The number of aryl methyl sites for hydroxylation is 1. The van der Waals surface area contributed by atoms with E-state index in [-0.39, 0.29) is 5.91 Å². The zero-order chi connectivity index (χ0) is 16.1. The fraction of sp³-hybridized carbons (Fsp3) is 0.118. The molecule has 0 atom stereocenters. The van der Waals surface area contributed by atoms with Crippen molar-refractivity contribution < 1.29 is 9.18 Å². The highest BCUT2D eigenvalue weighted by molar-refractivity contribution is 6.05. The number of carbonyl (C=O) groups is 1. The topological polar surface area (TPSA) is 70.7 Å². The Labute approximate surface area is 132 Å². The first-order valence-corrected chi connectivity index (χ1v) is 7.19. The van der Waals surface area contributed by atoms with Gasteiger partial charge in [-0.05, 0) is 29.8 Å². The van der Waals surface area contributed by atoms with Gasteiger partial charge < -0.3 is 5.32 Å². The first-order chi connectivity index (χ1) is 11.3. The number of nitrogens with zero attached hydrogens (tertiary/aromatic N) is 2. The third-order valence-corrected chi connectivity index (χ3v) is 3.41. The van der Waals surface area contributed by atoms with Crippen LogP contribution in [0.25, 0.3) is 11.4 Å². The number of alkyl halides is 1. The van der Waals surface area contributed by atoms with Crippen LogP contribution in [0.3, 0.4) is 0 Å². The van der Waals surface area contributed by atoms with E-state index in [4.69, 9.17) is 0 Å². The highest BCUT2D eigenvalue weighted by Gasteiger charge is 2.13. The molecule has 0 spiro atoms. The number of aromatic amines is 1. The number of pyridine rings is 1. The molecule has 0 saturated heterocycles. The molecule has 0 fully saturated rings. The van der Waals surface area contributed by atoms with E-state index in [9.17, 15) is 9.18 Å². The van der Waals surface area contributed by atoms with Crippen LogP contribution in [0, 0.1) is 0 Å². The molecule has 23 heavy (non-hydrogen) atoms. The predicted octanol–water partition coefficient (Wildman–Crippen LogP) is 3.24. The van der Waals surface area contributed by atoms with Gasteiger partial charge in [-0.3, -0.25) is 19.3 Å². The average Bonchev–Trinajstić information content (AvgIpc) is 3.05. The quantitative estimate of drug-likeness (QED) is 0.760. The number of halogens is 1. The number of H-pyrrole nitrogens is 1. The van der Waals surface area contributed by atoms with Crippen LogP contribution in [0.1, 0.15) is 15.9 Å². The van der Waals surface area contributed by atoms with Gasteiger partial charge in [-0.2, -0.15) is 5.10 Å². The molecule has 1 aromatic carbocycles. The van der Waals surface area contributed by atoms with E-state index >= 15 is 0 Å². The van der Waals surface area contributed by atoms with Crippen molar-refractivity contribution in [2.24, 2.45) is 0 Å². The number of anilines is 1. The van der Waals surface area contributed by atoms with Crippen molar-refractivity contribution in [2.75, 3.05) is 12.0 Å². The minimum atomic E-state index is -0.409. The summed E-state index contributed by atoms with van der Waals surface area (Å²) in [4.78, 5) is 16.6. The molecule has 0 unspecified atom stereocenters. The molecule has 2 aromatic heterocycles. The van der Waals surface area contributed by atoms with Gasteiger partial charge in [0.1, 0.15) is 5.69 Å². The first-order valence-electron chi connectivity index (χ1n) is 7.19. The van der Waals surface area contributed by atoms with E-state index in [1.165, 1.54) is 0 Å². The summed E-state index contributed by atoms with van der Waals surface area (Å²) in [5.74, 6) is -0.254. The Kier molecular flexibility index (Phi) is 4.42.